The number of hydrogen-bond donors (Lipinski definition) is 0. The van der Waals surface area contributed by atoms with E-state index in [0.29, 0.717) is 6.61 Å². The van der Waals surface area contributed by atoms with Gasteiger partial charge in [-0.15, -0.1) is 0 Å². The molecule has 0 heterocycles. The fourth-order valence-electron chi connectivity index (χ4n) is 1.48. The SMILES string of the molecule is C=C(C)COCCCCCCCC[Si](Br)(Br)Br. The van der Waals surface area contributed by atoms with E-state index >= 15 is 0 Å². The lowest BCUT2D eigenvalue weighted by Crippen LogP contribution is -2.04. The topological polar surface area (TPSA) is 9.23 Å². The summed E-state index contributed by atoms with van der Waals surface area (Å²) in [6.07, 6.45) is 7.79. The van der Waals surface area contributed by atoms with E-state index in [0.717, 1.165) is 12.2 Å². The predicted molar refractivity (Wildman–Crippen MR) is 90.7 cm³/mol. The fourth-order valence-corrected chi connectivity index (χ4v) is 4.66. The molecule has 0 saturated carbocycles. The van der Waals surface area contributed by atoms with Crippen LogP contribution in [0, 0.1) is 0 Å². The highest BCUT2D eigenvalue weighted by Crippen LogP contribution is 2.33. The molecule has 0 aromatic heterocycles. The summed E-state index contributed by atoms with van der Waals surface area (Å²) in [6, 6.07) is 1.24. The first-order valence-electron chi connectivity index (χ1n) is 6.20. The first kappa shape index (κ1) is 18.4. The molecule has 0 rings (SSSR count). The van der Waals surface area contributed by atoms with Crippen LogP contribution in [0.5, 0.6) is 0 Å². The van der Waals surface area contributed by atoms with Crippen LogP contribution in [0.2, 0.25) is 6.04 Å². The number of halogens is 3. The Hall–Kier alpha value is 1.36. The summed E-state index contributed by atoms with van der Waals surface area (Å²) in [5, 5.41) is 0. The van der Waals surface area contributed by atoms with Gasteiger partial charge < -0.3 is 4.74 Å². The molecule has 0 aliphatic heterocycles. The van der Waals surface area contributed by atoms with Gasteiger partial charge in [-0.2, -0.15) is 0 Å². The molecule has 102 valence electrons. The minimum Gasteiger partial charge on any atom is -0.377 e. The van der Waals surface area contributed by atoms with Gasteiger partial charge in [-0.1, -0.05) is 90.1 Å². The zero-order chi connectivity index (χ0) is 13.1. The molecule has 0 fully saturated rings. The van der Waals surface area contributed by atoms with Crippen LogP contribution in [0.15, 0.2) is 12.2 Å². The molecule has 0 bridgehead atoms. The Balaban J connectivity index is 3.06. The molecule has 0 N–H and O–H groups in total. The maximum Gasteiger partial charge on any atom is 0.267 e. The summed E-state index contributed by atoms with van der Waals surface area (Å²) < 4.78 is 4.11. The molecule has 1 nitrogen and oxygen atoms in total. The zero-order valence-corrected chi connectivity index (χ0v) is 16.4. The highest BCUT2D eigenvalue weighted by Gasteiger charge is 2.20. The Bertz CT molecular complexity index is 204. The third kappa shape index (κ3) is 17.4. The van der Waals surface area contributed by atoms with Gasteiger partial charge in [0.25, 0.3) is 3.93 Å². The van der Waals surface area contributed by atoms with Crippen molar-refractivity contribution in [1.82, 2.24) is 0 Å². The molecule has 5 heteroatoms. The van der Waals surface area contributed by atoms with Gasteiger partial charge >= 0.3 is 0 Å². The summed E-state index contributed by atoms with van der Waals surface area (Å²) in [7, 11) is 0. The summed E-state index contributed by atoms with van der Waals surface area (Å²) in [5.41, 5.74) is 1.11. The third-order valence-corrected chi connectivity index (χ3v) is 6.84. The molecule has 0 aromatic carbocycles. The maximum absolute atomic E-state index is 5.45. The van der Waals surface area contributed by atoms with Crippen LogP contribution in [0.3, 0.4) is 0 Å². The minimum absolute atomic E-state index is 0.717. The van der Waals surface area contributed by atoms with Gasteiger partial charge in [0.1, 0.15) is 0 Å². The van der Waals surface area contributed by atoms with Gasteiger partial charge in [0.15, 0.2) is 0 Å². The largest absolute Gasteiger partial charge is 0.377 e. The second-order valence-corrected chi connectivity index (χ2v) is 28.0. The normalized spacial score (nSPS) is 11.8. The zero-order valence-electron chi connectivity index (χ0n) is 10.6. The van der Waals surface area contributed by atoms with Crippen molar-refractivity contribution in [2.24, 2.45) is 0 Å². The quantitative estimate of drug-likeness (QED) is 0.161. The first-order chi connectivity index (χ1) is 7.92. The summed E-state index contributed by atoms with van der Waals surface area (Å²) in [4.78, 5) is 0. The molecule has 0 spiro atoms. The highest BCUT2D eigenvalue weighted by molar-refractivity contribution is 9.72. The summed E-state index contributed by atoms with van der Waals surface area (Å²) in [5.74, 6) is 0. The number of rotatable bonds is 11. The van der Waals surface area contributed by atoms with E-state index in [-0.39, 0.29) is 0 Å². The molecule has 17 heavy (non-hydrogen) atoms. The van der Waals surface area contributed by atoms with E-state index in [1.54, 1.807) is 0 Å². The molecule has 0 unspecified atom stereocenters. The first-order valence-corrected chi connectivity index (χ1v) is 15.2. The van der Waals surface area contributed by atoms with Crippen molar-refractivity contribution in [3.63, 3.8) is 0 Å². The number of ether oxygens (including phenoxy) is 1. The smallest absolute Gasteiger partial charge is 0.267 e. The molecule has 0 aliphatic rings. The molecular formula is C12H23Br3OSi. The minimum atomic E-state index is -1.34. The van der Waals surface area contributed by atoms with Crippen LogP contribution in [0.1, 0.15) is 45.4 Å². The average molecular weight is 451 g/mol. The van der Waals surface area contributed by atoms with Crippen molar-refractivity contribution in [2.75, 3.05) is 13.2 Å². The fraction of sp³-hybridized carbons (Fsp3) is 0.833. The number of hydrogen-bond acceptors (Lipinski definition) is 1. The third-order valence-electron chi connectivity index (χ3n) is 2.35. The van der Waals surface area contributed by atoms with Crippen LogP contribution < -0.4 is 0 Å². The van der Waals surface area contributed by atoms with Crippen LogP contribution in [-0.4, -0.2) is 17.1 Å². The lowest BCUT2D eigenvalue weighted by molar-refractivity contribution is 0.151. The summed E-state index contributed by atoms with van der Waals surface area (Å²) in [6.45, 7) is 7.41. The molecule has 0 atom stereocenters. The molecule has 0 saturated heterocycles. The van der Waals surface area contributed by atoms with E-state index in [1.165, 1.54) is 44.6 Å². The van der Waals surface area contributed by atoms with Gasteiger partial charge in [-0.3, -0.25) is 0 Å². The molecular weight excluding hydrogens is 428 g/mol. The van der Waals surface area contributed by atoms with Crippen LogP contribution in [0.25, 0.3) is 0 Å². The molecule has 0 aliphatic carbocycles. The average Bonchev–Trinajstić information content (AvgIpc) is 2.18. The standard InChI is InChI=1S/C12H23Br3OSi/c1-12(2)11-16-9-7-5-3-4-6-8-10-17(13,14)15/h1,3-11H2,2H3. The van der Waals surface area contributed by atoms with Crippen molar-refractivity contribution >= 4 is 49.8 Å². The van der Waals surface area contributed by atoms with Crippen LogP contribution >= 0.6 is 45.9 Å². The Morgan fingerprint density at radius 3 is 2.06 bits per heavy atom. The van der Waals surface area contributed by atoms with Gasteiger partial charge in [0, 0.05) is 6.61 Å². The van der Waals surface area contributed by atoms with Gasteiger partial charge in [-0.25, -0.2) is 0 Å². The Labute approximate surface area is 131 Å². The van der Waals surface area contributed by atoms with Crippen molar-refractivity contribution in [1.29, 1.82) is 0 Å². The Kier molecular flexibility index (Phi) is 12.1. The molecule has 0 radical (unpaired) electrons. The van der Waals surface area contributed by atoms with E-state index < -0.39 is 3.93 Å². The molecule has 0 aromatic rings. The second kappa shape index (κ2) is 11.2. The van der Waals surface area contributed by atoms with Crippen molar-refractivity contribution in [3.8, 4) is 0 Å². The van der Waals surface area contributed by atoms with E-state index in [4.69, 9.17) is 4.74 Å². The van der Waals surface area contributed by atoms with Crippen molar-refractivity contribution < 1.29 is 4.74 Å². The lowest BCUT2D eigenvalue weighted by atomic mass is 10.1. The highest BCUT2D eigenvalue weighted by atomic mass is 80.0. The Morgan fingerprint density at radius 1 is 1.00 bits per heavy atom. The summed E-state index contributed by atoms with van der Waals surface area (Å²) >= 11 is 11.0. The van der Waals surface area contributed by atoms with Crippen LogP contribution in [-0.2, 0) is 4.74 Å². The van der Waals surface area contributed by atoms with Gasteiger partial charge in [-0.05, 0) is 19.4 Å². The predicted octanol–water partition coefficient (Wildman–Crippen LogP) is 6.04. The van der Waals surface area contributed by atoms with E-state index in [2.05, 4.69) is 52.5 Å². The number of unbranched alkanes of at least 4 members (excludes halogenated alkanes) is 5. The van der Waals surface area contributed by atoms with Crippen molar-refractivity contribution in [2.45, 2.75) is 51.5 Å². The van der Waals surface area contributed by atoms with Crippen molar-refractivity contribution in [3.05, 3.63) is 12.2 Å². The monoisotopic (exact) mass is 448 g/mol. The van der Waals surface area contributed by atoms with Gasteiger partial charge in [0.05, 0.1) is 6.61 Å². The molecule has 0 amide bonds. The maximum atomic E-state index is 5.45. The second-order valence-electron chi connectivity index (χ2n) is 4.50. The van der Waals surface area contributed by atoms with Crippen LogP contribution in [0.4, 0.5) is 0 Å². The van der Waals surface area contributed by atoms with Gasteiger partial charge in [0.2, 0.25) is 0 Å². The van der Waals surface area contributed by atoms with E-state index in [1.807, 2.05) is 6.92 Å². The van der Waals surface area contributed by atoms with E-state index in [9.17, 15) is 0 Å². The lowest BCUT2D eigenvalue weighted by Gasteiger charge is -2.08. The Morgan fingerprint density at radius 2 is 1.53 bits per heavy atom.